The molecule has 0 radical (unpaired) electrons. The summed E-state index contributed by atoms with van der Waals surface area (Å²) >= 11 is 0. The molecule has 0 heterocycles. The SMILES string of the molecule is CCOC(=O)c1cc(C(=O)c2ccccc2O)cc(C(C)=O)c1C. The Morgan fingerprint density at radius 2 is 1.67 bits per heavy atom. The van der Waals surface area contributed by atoms with Crippen molar-refractivity contribution >= 4 is 17.5 Å². The summed E-state index contributed by atoms with van der Waals surface area (Å²) in [5.41, 5.74) is 1.17. The van der Waals surface area contributed by atoms with E-state index in [0.29, 0.717) is 5.56 Å². The summed E-state index contributed by atoms with van der Waals surface area (Å²) in [6.07, 6.45) is 0. The van der Waals surface area contributed by atoms with E-state index in [2.05, 4.69) is 0 Å². The fraction of sp³-hybridized carbons (Fsp3) is 0.211. The van der Waals surface area contributed by atoms with Crippen LogP contribution in [0.1, 0.15) is 56.0 Å². The van der Waals surface area contributed by atoms with Crippen molar-refractivity contribution in [3.8, 4) is 5.75 Å². The van der Waals surface area contributed by atoms with Crippen LogP contribution in [0.2, 0.25) is 0 Å². The van der Waals surface area contributed by atoms with Crippen LogP contribution in [0.3, 0.4) is 0 Å². The highest BCUT2D eigenvalue weighted by atomic mass is 16.5. The highest BCUT2D eigenvalue weighted by molar-refractivity contribution is 6.13. The first-order valence-electron chi connectivity index (χ1n) is 7.52. The number of ketones is 2. The number of ether oxygens (including phenoxy) is 1. The Morgan fingerprint density at radius 1 is 1.04 bits per heavy atom. The van der Waals surface area contributed by atoms with Gasteiger partial charge >= 0.3 is 5.97 Å². The number of esters is 1. The summed E-state index contributed by atoms with van der Waals surface area (Å²) in [6.45, 7) is 4.87. The molecule has 0 aromatic heterocycles. The molecule has 0 fully saturated rings. The molecule has 0 aliphatic rings. The molecule has 2 rings (SSSR count). The highest BCUT2D eigenvalue weighted by Crippen LogP contribution is 2.24. The molecule has 2 aromatic rings. The van der Waals surface area contributed by atoms with Gasteiger partial charge in [0.25, 0.3) is 0 Å². The van der Waals surface area contributed by atoms with Crippen molar-refractivity contribution in [3.05, 3.63) is 64.2 Å². The monoisotopic (exact) mass is 326 g/mol. The predicted molar refractivity (Wildman–Crippen MR) is 88.7 cm³/mol. The zero-order chi connectivity index (χ0) is 17.9. The quantitative estimate of drug-likeness (QED) is 0.673. The molecular weight excluding hydrogens is 308 g/mol. The normalized spacial score (nSPS) is 10.3. The van der Waals surface area contributed by atoms with Gasteiger partial charge in [-0.3, -0.25) is 9.59 Å². The highest BCUT2D eigenvalue weighted by Gasteiger charge is 2.21. The van der Waals surface area contributed by atoms with Gasteiger partial charge in [-0.05, 0) is 50.6 Å². The van der Waals surface area contributed by atoms with E-state index in [1.54, 1.807) is 26.0 Å². The van der Waals surface area contributed by atoms with Crippen LogP contribution >= 0.6 is 0 Å². The lowest BCUT2D eigenvalue weighted by molar-refractivity contribution is 0.0525. The van der Waals surface area contributed by atoms with Gasteiger partial charge in [0.2, 0.25) is 0 Å². The second kappa shape index (κ2) is 7.08. The number of para-hydroxylation sites is 1. The van der Waals surface area contributed by atoms with Crippen LogP contribution in [0.4, 0.5) is 0 Å². The van der Waals surface area contributed by atoms with Crippen LogP contribution in [0.15, 0.2) is 36.4 Å². The molecule has 0 atom stereocenters. The van der Waals surface area contributed by atoms with Gasteiger partial charge in [-0.25, -0.2) is 4.79 Å². The van der Waals surface area contributed by atoms with Crippen LogP contribution in [0.25, 0.3) is 0 Å². The summed E-state index contributed by atoms with van der Waals surface area (Å²) in [4.78, 5) is 36.7. The van der Waals surface area contributed by atoms with Gasteiger partial charge in [0.1, 0.15) is 5.75 Å². The fourth-order valence-corrected chi connectivity index (χ4v) is 2.45. The summed E-state index contributed by atoms with van der Waals surface area (Å²) in [7, 11) is 0. The fourth-order valence-electron chi connectivity index (χ4n) is 2.45. The standard InChI is InChI=1S/C19H18O5/c1-4-24-19(23)16-10-13(9-15(11(16)2)12(3)20)18(22)14-7-5-6-8-17(14)21/h5-10,21H,4H2,1-3H3. The van der Waals surface area contributed by atoms with E-state index >= 15 is 0 Å². The van der Waals surface area contributed by atoms with Crippen molar-refractivity contribution in [2.45, 2.75) is 20.8 Å². The van der Waals surface area contributed by atoms with Crippen molar-refractivity contribution in [2.24, 2.45) is 0 Å². The third kappa shape index (κ3) is 3.35. The third-order valence-electron chi connectivity index (χ3n) is 3.69. The largest absolute Gasteiger partial charge is 0.507 e. The molecule has 0 aliphatic carbocycles. The van der Waals surface area contributed by atoms with Gasteiger partial charge in [-0.1, -0.05) is 12.1 Å². The third-order valence-corrected chi connectivity index (χ3v) is 3.69. The molecular formula is C19H18O5. The van der Waals surface area contributed by atoms with Gasteiger partial charge in [0.15, 0.2) is 11.6 Å². The summed E-state index contributed by atoms with van der Waals surface area (Å²) in [5.74, 6) is -1.49. The van der Waals surface area contributed by atoms with E-state index in [1.807, 2.05) is 0 Å². The van der Waals surface area contributed by atoms with E-state index in [-0.39, 0.29) is 40.4 Å². The van der Waals surface area contributed by atoms with Gasteiger partial charge in [-0.2, -0.15) is 0 Å². The minimum atomic E-state index is -0.593. The molecule has 0 aliphatic heterocycles. The number of phenols is 1. The van der Waals surface area contributed by atoms with Crippen LogP contribution in [-0.4, -0.2) is 29.2 Å². The lowest BCUT2D eigenvalue weighted by Gasteiger charge is -2.12. The number of phenolic OH excluding ortho intramolecular Hbond substituents is 1. The number of rotatable bonds is 5. The first-order chi connectivity index (χ1) is 11.4. The van der Waals surface area contributed by atoms with E-state index in [1.165, 1.54) is 31.2 Å². The number of hydrogen-bond donors (Lipinski definition) is 1. The van der Waals surface area contributed by atoms with Crippen molar-refractivity contribution in [1.82, 2.24) is 0 Å². The molecule has 1 N–H and O–H groups in total. The Hall–Kier alpha value is -2.95. The smallest absolute Gasteiger partial charge is 0.338 e. The maximum atomic E-state index is 12.7. The molecule has 0 saturated carbocycles. The first-order valence-corrected chi connectivity index (χ1v) is 7.52. The van der Waals surface area contributed by atoms with Gasteiger partial charge in [-0.15, -0.1) is 0 Å². The van der Waals surface area contributed by atoms with Gasteiger partial charge < -0.3 is 9.84 Å². The summed E-state index contributed by atoms with van der Waals surface area (Å²) in [6, 6.07) is 8.95. The molecule has 2 aromatic carbocycles. The number of carbonyl (C=O) groups is 3. The van der Waals surface area contributed by atoms with Crippen LogP contribution in [0.5, 0.6) is 5.75 Å². The maximum Gasteiger partial charge on any atom is 0.338 e. The predicted octanol–water partition coefficient (Wildman–Crippen LogP) is 3.31. The molecule has 124 valence electrons. The van der Waals surface area contributed by atoms with E-state index < -0.39 is 11.8 Å². The Bertz CT molecular complexity index is 821. The minimum Gasteiger partial charge on any atom is -0.507 e. The molecule has 0 bridgehead atoms. The van der Waals surface area contributed by atoms with Crippen molar-refractivity contribution in [3.63, 3.8) is 0 Å². The number of aromatic hydroxyl groups is 1. The number of hydrogen-bond acceptors (Lipinski definition) is 5. The second-order valence-electron chi connectivity index (χ2n) is 5.32. The Morgan fingerprint density at radius 3 is 2.25 bits per heavy atom. The maximum absolute atomic E-state index is 12.7. The lowest BCUT2D eigenvalue weighted by Crippen LogP contribution is -2.13. The van der Waals surface area contributed by atoms with Crippen LogP contribution in [-0.2, 0) is 4.74 Å². The number of benzene rings is 2. The van der Waals surface area contributed by atoms with Crippen molar-refractivity contribution < 1.29 is 24.2 Å². The second-order valence-corrected chi connectivity index (χ2v) is 5.32. The van der Waals surface area contributed by atoms with E-state index in [0.717, 1.165) is 0 Å². The molecule has 0 amide bonds. The Labute approximate surface area is 139 Å². The van der Waals surface area contributed by atoms with E-state index in [9.17, 15) is 19.5 Å². The zero-order valence-electron chi connectivity index (χ0n) is 13.8. The van der Waals surface area contributed by atoms with Gasteiger partial charge in [0.05, 0.1) is 17.7 Å². The number of Topliss-reactive ketones (excluding diaryl/α,β-unsaturated/α-hetero) is 1. The summed E-state index contributed by atoms with van der Waals surface area (Å²) in [5, 5.41) is 9.86. The average molecular weight is 326 g/mol. The Balaban J connectivity index is 2.62. The average Bonchev–Trinajstić information content (AvgIpc) is 2.54. The van der Waals surface area contributed by atoms with Crippen molar-refractivity contribution in [2.75, 3.05) is 6.61 Å². The van der Waals surface area contributed by atoms with Crippen molar-refractivity contribution in [1.29, 1.82) is 0 Å². The van der Waals surface area contributed by atoms with Crippen LogP contribution in [0, 0.1) is 6.92 Å². The Kier molecular flexibility index (Phi) is 5.14. The minimum absolute atomic E-state index is 0.102. The molecule has 24 heavy (non-hydrogen) atoms. The molecule has 5 heteroatoms. The topological polar surface area (TPSA) is 80.7 Å². The zero-order valence-corrected chi connectivity index (χ0v) is 13.8. The summed E-state index contributed by atoms with van der Waals surface area (Å²) < 4.78 is 5.00. The molecule has 0 unspecified atom stereocenters. The van der Waals surface area contributed by atoms with Gasteiger partial charge in [0, 0.05) is 11.1 Å². The number of carbonyl (C=O) groups excluding carboxylic acids is 3. The molecule has 0 saturated heterocycles. The van der Waals surface area contributed by atoms with E-state index in [4.69, 9.17) is 4.74 Å². The lowest BCUT2D eigenvalue weighted by atomic mass is 9.92. The molecule has 0 spiro atoms. The first kappa shape index (κ1) is 17.4. The molecule has 5 nitrogen and oxygen atoms in total. The van der Waals surface area contributed by atoms with Crippen LogP contribution < -0.4 is 0 Å².